The number of nitrogens with zero attached hydrogens (tertiary/aromatic N) is 1. The van der Waals surface area contributed by atoms with E-state index in [0.29, 0.717) is 19.4 Å². The van der Waals surface area contributed by atoms with Gasteiger partial charge in [-0.15, -0.1) is 0 Å². The van der Waals surface area contributed by atoms with Crippen LogP contribution in [0.5, 0.6) is 0 Å². The smallest absolute Gasteiger partial charge is 0.243 e. The predicted octanol–water partition coefficient (Wildman–Crippen LogP) is 7.24. The quantitative estimate of drug-likeness (QED) is 0.0891. The van der Waals surface area contributed by atoms with Crippen LogP contribution in [0.1, 0.15) is 152 Å². The van der Waals surface area contributed by atoms with Gasteiger partial charge in [-0.05, 0) is 124 Å². The molecule has 4 amide bonds. The van der Waals surface area contributed by atoms with Crippen molar-refractivity contribution in [2.24, 2.45) is 22.7 Å². The van der Waals surface area contributed by atoms with Gasteiger partial charge in [0.1, 0.15) is 11.8 Å². The van der Waals surface area contributed by atoms with Crippen LogP contribution in [0.15, 0.2) is 72.8 Å². The van der Waals surface area contributed by atoms with Crippen LogP contribution in [-0.4, -0.2) is 84.9 Å². The number of Topliss-reactive ketones (excluding diaryl/α,β-unsaturated/α-hetero) is 2. The number of fused-ring (bicyclic) bond motifs is 2. The second kappa shape index (κ2) is 22.5. The van der Waals surface area contributed by atoms with E-state index in [0.717, 1.165) is 60.8 Å². The maximum absolute atomic E-state index is 14.9. The van der Waals surface area contributed by atoms with Gasteiger partial charge < -0.3 is 31.5 Å². The Hall–Kier alpha value is -5.20. The van der Waals surface area contributed by atoms with Gasteiger partial charge in [-0.3, -0.25) is 28.8 Å². The number of likely N-dealkylation sites (N-methyl/N-ethyl adjacent to an activating group) is 2. The Morgan fingerprint density at radius 1 is 0.662 bits per heavy atom. The maximum Gasteiger partial charge on any atom is 0.243 e. The number of ketones is 2. The first-order valence-electron chi connectivity index (χ1n) is 25.1. The molecule has 1 saturated heterocycles. The van der Waals surface area contributed by atoms with Crippen LogP contribution in [-0.2, 0) is 48.0 Å². The number of rotatable bonds is 18. The lowest BCUT2D eigenvalue weighted by Crippen LogP contribution is -2.54. The zero-order chi connectivity index (χ0) is 49.5. The standard InChI is InChI=1S/C56H78N6O6/c1-34(57-9)48(63)32-44(55(3,4)5)54(68)62-33-41(30-47(62)53(67)60-46-24-16-20-39-18-12-14-22-43(39)46)37-27-25-36(26-28-37)29-40(31-49(64)50(56(6,7)8)61-51(65)35(2)58-10)52(66)59-45-23-15-19-38-17-11-13-21-42(38)45/h11-14,17-18,21-22,25-28,34-35,40-41,44-47,50,57-58H,15-16,19-20,23-24,29-33H2,1-10H3,(H,59,66)(H,60,67)(H,61,65)/t34-,35-,40+,41?,44+,45?,46?,47-,50+/m0/s1. The molecule has 368 valence electrons. The highest BCUT2D eigenvalue weighted by molar-refractivity contribution is 5.95. The molecule has 3 unspecified atom stereocenters. The second-order valence-corrected chi connectivity index (χ2v) is 22.0. The molecule has 5 N–H and O–H groups in total. The van der Waals surface area contributed by atoms with E-state index in [2.05, 4.69) is 50.8 Å². The molecule has 1 fully saturated rings. The predicted molar refractivity (Wildman–Crippen MR) is 268 cm³/mol. The minimum absolute atomic E-state index is 0.0498. The van der Waals surface area contributed by atoms with Crippen molar-refractivity contribution in [2.45, 2.75) is 162 Å². The van der Waals surface area contributed by atoms with E-state index in [9.17, 15) is 28.8 Å². The molecule has 3 aliphatic rings. The summed E-state index contributed by atoms with van der Waals surface area (Å²) < 4.78 is 0. The van der Waals surface area contributed by atoms with Crippen LogP contribution in [0.25, 0.3) is 0 Å². The van der Waals surface area contributed by atoms with Gasteiger partial charge in [0.25, 0.3) is 0 Å². The molecule has 12 nitrogen and oxygen atoms in total. The Morgan fingerprint density at radius 2 is 1.22 bits per heavy atom. The summed E-state index contributed by atoms with van der Waals surface area (Å²) in [6.07, 6.45) is 6.14. The zero-order valence-electron chi connectivity index (χ0n) is 42.3. The lowest BCUT2D eigenvalue weighted by Gasteiger charge is -2.36. The van der Waals surface area contributed by atoms with Crippen molar-refractivity contribution in [2.75, 3.05) is 20.6 Å². The summed E-state index contributed by atoms with van der Waals surface area (Å²) in [6, 6.07) is 21.6. The maximum atomic E-state index is 14.9. The van der Waals surface area contributed by atoms with E-state index in [1.54, 1.807) is 32.8 Å². The minimum Gasteiger partial charge on any atom is -0.349 e. The third-order valence-corrected chi connectivity index (χ3v) is 15.0. The van der Waals surface area contributed by atoms with E-state index in [4.69, 9.17) is 0 Å². The number of hydrogen-bond donors (Lipinski definition) is 5. The third kappa shape index (κ3) is 12.7. The molecule has 0 spiro atoms. The summed E-state index contributed by atoms with van der Waals surface area (Å²) in [5.41, 5.74) is 5.36. The van der Waals surface area contributed by atoms with Gasteiger partial charge in [0.05, 0.1) is 30.2 Å². The van der Waals surface area contributed by atoms with Crippen LogP contribution in [0.3, 0.4) is 0 Å². The molecule has 3 aromatic carbocycles. The van der Waals surface area contributed by atoms with Gasteiger partial charge in [0.15, 0.2) is 5.78 Å². The van der Waals surface area contributed by atoms with Crippen molar-refractivity contribution >= 4 is 35.2 Å². The monoisotopic (exact) mass is 931 g/mol. The zero-order valence-corrected chi connectivity index (χ0v) is 42.3. The summed E-state index contributed by atoms with van der Waals surface area (Å²) in [5.74, 6) is -2.65. The Labute approximate surface area is 405 Å². The number of carbonyl (C=O) groups is 6. The first-order valence-corrected chi connectivity index (χ1v) is 25.1. The highest BCUT2D eigenvalue weighted by Crippen LogP contribution is 2.39. The number of nitrogens with one attached hydrogen (secondary N) is 5. The number of likely N-dealkylation sites (tertiary alicyclic amines) is 1. The van der Waals surface area contributed by atoms with Crippen molar-refractivity contribution in [3.8, 4) is 0 Å². The molecule has 2 aliphatic carbocycles. The molecular formula is C56H78N6O6. The van der Waals surface area contributed by atoms with Crippen LogP contribution in [0.4, 0.5) is 0 Å². The minimum atomic E-state index is -0.812. The fourth-order valence-corrected chi connectivity index (χ4v) is 10.4. The van der Waals surface area contributed by atoms with Gasteiger partial charge in [-0.1, -0.05) is 114 Å². The van der Waals surface area contributed by atoms with E-state index >= 15 is 0 Å². The van der Waals surface area contributed by atoms with E-state index < -0.39 is 46.8 Å². The molecule has 1 heterocycles. The summed E-state index contributed by atoms with van der Waals surface area (Å²) in [6.45, 7) is 15.5. The number of carbonyl (C=O) groups excluding carboxylic acids is 6. The molecule has 0 bridgehead atoms. The average molecular weight is 931 g/mol. The summed E-state index contributed by atoms with van der Waals surface area (Å²) in [5, 5.41) is 15.6. The van der Waals surface area contributed by atoms with Gasteiger partial charge >= 0.3 is 0 Å². The highest BCUT2D eigenvalue weighted by atomic mass is 16.2. The number of amides is 4. The molecule has 68 heavy (non-hydrogen) atoms. The van der Waals surface area contributed by atoms with Gasteiger partial charge in [-0.2, -0.15) is 0 Å². The lowest BCUT2D eigenvalue weighted by molar-refractivity contribution is -0.146. The Morgan fingerprint density at radius 3 is 1.76 bits per heavy atom. The Bertz CT molecular complexity index is 2280. The molecular weight excluding hydrogens is 853 g/mol. The van der Waals surface area contributed by atoms with Gasteiger partial charge in [-0.25, -0.2) is 0 Å². The van der Waals surface area contributed by atoms with Crippen molar-refractivity contribution in [1.82, 2.24) is 31.5 Å². The normalized spacial score (nSPS) is 21.5. The fraction of sp³-hybridized carbons (Fsp3) is 0.571. The average Bonchev–Trinajstić information content (AvgIpc) is 3.77. The molecule has 0 saturated carbocycles. The highest BCUT2D eigenvalue weighted by Gasteiger charge is 2.46. The largest absolute Gasteiger partial charge is 0.349 e. The van der Waals surface area contributed by atoms with Gasteiger partial charge in [0, 0.05) is 37.1 Å². The molecule has 6 rings (SSSR count). The third-order valence-electron chi connectivity index (χ3n) is 15.0. The number of aryl methyl sites for hydroxylation is 2. The SMILES string of the molecule is CN[C@@H](C)C(=O)C[C@H](C(=O)N1CC(c2ccc(C[C@H](CC(=O)[C@@H](NC(=O)[C@H](C)NC)C(C)(C)C)C(=O)NC3CCCc4ccccc43)cc2)C[C@H]1C(=O)NC1CCCc2ccccc21)C(C)(C)C. The summed E-state index contributed by atoms with van der Waals surface area (Å²) in [4.78, 5) is 86.4. The van der Waals surface area contributed by atoms with E-state index in [1.165, 1.54) is 11.1 Å². The van der Waals surface area contributed by atoms with Crippen LogP contribution < -0.4 is 26.6 Å². The van der Waals surface area contributed by atoms with Crippen molar-refractivity contribution < 1.29 is 28.8 Å². The topological polar surface area (TPSA) is 166 Å². The van der Waals surface area contributed by atoms with E-state index in [-0.39, 0.29) is 66.0 Å². The van der Waals surface area contributed by atoms with Crippen molar-refractivity contribution in [3.05, 3.63) is 106 Å². The number of benzene rings is 3. The molecule has 0 radical (unpaired) electrons. The molecule has 1 aliphatic heterocycles. The van der Waals surface area contributed by atoms with Crippen LogP contribution >= 0.6 is 0 Å². The summed E-state index contributed by atoms with van der Waals surface area (Å²) >= 11 is 0. The first-order chi connectivity index (χ1) is 32.2. The Balaban J connectivity index is 1.27. The number of hydrogen-bond acceptors (Lipinski definition) is 8. The Kier molecular flexibility index (Phi) is 17.3. The van der Waals surface area contributed by atoms with Crippen molar-refractivity contribution in [1.29, 1.82) is 0 Å². The van der Waals surface area contributed by atoms with Crippen LogP contribution in [0.2, 0.25) is 0 Å². The fourth-order valence-electron chi connectivity index (χ4n) is 10.4. The summed E-state index contributed by atoms with van der Waals surface area (Å²) in [7, 11) is 3.43. The first kappa shape index (κ1) is 52.2. The molecule has 12 heteroatoms. The molecule has 9 atom stereocenters. The van der Waals surface area contributed by atoms with E-state index in [1.807, 2.05) is 90.1 Å². The van der Waals surface area contributed by atoms with Gasteiger partial charge in [0.2, 0.25) is 23.6 Å². The second-order valence-electron chi connectivity index (χ2n) is 22.0. The van der Waals surface area contributed by atoms with Crippen LogP contribution in [0, 0.1) is 22.7 Å². The van der Waals surface area contributed by atoms with Crippen molar-refractivity contribution in [3.63, 3.8) is 0 Å². The molecule has 0 aromatic heterocycles. The molecule has 3 aromatic rings. The lowest BCUT2D eigenvalue weighted by atomic mass is 9.76.